The number of thiophene rings is 1. The predicted octanol–water partition coefficient (Wildman–Crippen LogP) is 4.89. The fraction of sp³-hybridized carbons (Fsp3) is 0.296. The summed E-state index contributed by atoms with van der Waals surface area (Å²) in [6, 6.07) is 16.3. The Morgan fingerprint density at radius 2 is 1.97 bits per heavy atom. The van der Waals surface area contributed by atoms with Crippen molar-refractivity contribution in [3.8, 4) is 17.6 Å². The second-order valence-corrected chi connectivity index (χ2v) is 9.74. The maximum Gasteiger partial charge on any atom is 0.161 e. The van der Waals surface area contributed by atoms with Gasteiger partial charge in [0.1, 0.15) is 24.0 Å². The third-order valence-electron chi connectivity index (χ3n) is 6.02. The van der Waals surface area contributed by atoms with Crippen LogP contribution < -0.4 is 14.4 Å². The van der Waals surface area contributed by atoms with Crippen LogP contribution in [0.25, 0.3) is 11.0 Å². The lowest BCUT2D eigenvalue weighted by atomic mass is 9.98. The summed E-state index contributed by atoms with van der Waals surface area (Å²) < 4.78 is 17.1. The number of nitriles is 1. The first-order chi connectivity index (χ1) is 17.1. The predicted molar refractivity (Wildman–Crippen MR) is 136 cm³/mol. The molecule has 1 fully saturated rings. The number of benzene rings is 2. The molecule has 4 aromatic rings. The van der Waals surface area contributed by atoms with Gasteiger partial charge in [0.05, 0.1) is 37.6 Å². The molecule has 2 aromatic heterocycles. The quantitative estimate of drug-likeness (QED) is 0.368. The number of rotatable bonds is 7. The third-order valence-corrected chi connectivity index (χ3v) is 7.00. The van der Waals surface area contributed by atoms with Gasteiger partial charge in [0.25, 0.3) is 0 Å². The highest BCUT2D eigenvalue weighted by atomic mass is 32.1. The Hall–Kier alpha value is -3.67. The minimum Gasteiger partial charge on any atom is -0.493 e. The van der Waals surface area contributed by atoms with Crippen LogP contribution in [-0.4, -0.2) is 43.4 Å². The first-order valence-electron chi connectivity index (χ1n) is 11.5. The summed E-state index contributed by atoms with van der Waals surface area (Å²) in [4.78, 5) is 14.0. The number of ether oxygens (including phenoxy) is 3. The molecule has 5 rings (SSSR count). The van der Waals surface area contributed by atoms with E-state index in [1.165, 1.54) is 9.75 Å². The fourth-order valence-corrected chi connectivity index (χ4v) is 5.00. The van der Waals surface area contributed by atoms with Gasteiger partial charge < -0.3 is 19.1 Å². The number of nitrogens with zero attached hydrogens (tertiary/aromatic N) is 4. The molecule has 35 heavy (non-hydrogen) atoms. The van der Waals surface area contributed by atoms with Crippen molar-refractivity contribution < 1.29 is 14.2 Å². The van der Waals surface area contributed by atoms with Crippen LogP contribution in [-0.2, 0) is 17.8 Å². The first kappa shape index (κ1) is 23.1. The highest BCUT2D eigenvalue weighted by molar-refractivity contribution is 7.11. The Kier molecular flexibility index (Phi) is 6.80. The SMILES string of the molecule is COc1cc(Cc2ccc3ncc(N4CCOCC4)nc3c2C#N)ccc1OCc1ccc(C)s1. The smallest absolute Gasteiger partial charge is 0.161 e. The van der Waals surface area contributed by atoms with Crippen LogP contribution in [0.5, 0.6) is 11.5 Å². The van der Waals surface area contributed by atoms with Gasteiger partial charge in [-0.15, -0.1) is 11.3 Å². The van der Waals surface area contributed by atoms with Crippen LogP contribution in [0.3, 0.4) is 0 Å². The Balaban J connectivity index is 1.40. The van der Waals surface area contributed by atoms with E-state index in [0.717, 1.165) is 30.0 Å². The number of hydrogen-bond donors (Lipinski definition) is 0. The van der Waals surface area contributed by atoms with E-state index in [1.807, 2.05) is 30.3 Å². The zero-order valence-corrected chi connectivity index (χ0v) is 20.6. The van der Waals surface area contributed by atoms with E-state index < -0.39 is 0 Å². The van der Waals surface area contributed by atoms with E-state index in [9.17, 15) is 5.26 Å². The van der Waals surface area contributed by atoms with Crippen LogP contribution in [0.2, 0.25) is 0 Å². The maximum atomic E-state index is 10.0. The van der Waals surface area contributed by atoms with Gasteiger partial charge in [-0.25, -0.2) is 4.98 Å². The molecule has 0 atom stereocenters. The molecule has 0 radical (unpaired) electrons. The van der Waals surface area contributed by atoms with Crippen molar-refractivity contribution in [3.63, 3.8) is 0 Å². The topological polar surface area (TPSA) is 80.5 Å². The van der Waals surface area contributed by atoms with Crippen molar-refractivity contribution in [3.05, 3.63) is 75.1 Å². The largest absolute Gasteiger partial charge is 0.493 e. The van der Waals surface area contributed by atoms with Crippen LogP contribution in [0.1, 0.15) is 26.4 Å². The molecule has 1 aliphatic rings. The van der Waals surface area contributed by atoms with Crippen molar-refractivity contribution in [2.24, 2.45) is 0 Å². The van der Waals surface area contributed by atoms with Gasteiger partial charge in [0.15, 0.2) is 11.5 Å². The first-order valence-corrected chi connectivity index (χ1v) is 12.3. The van der Waals surface area contributed by atoms with E-state index in [0.29, 0.717) is 54.3 Å². The van der Waals surface area contributed by atoms with Crippen molar-refractivity contribution in [2.45, 2.75) is 20.0 Å². The molecule has 0 bridgehead atoms. The van der Waals surface area contributed by atoms with Crippen LogP contribution in [0.15, 0.2) is 48.7 Å². The highest BCUT2D eigenvalue weighted by Gasteiger charge is 2.17. The number of hydrogen-bond acceptors (Lipinski definition) is 8. The van der Waals surface area contributed by atoms with Crippen molar-refractivity contribution in [1.82, 2.24) is 9.97 Å². The molecule has 8 heteroatoms. The Labute approximate surface area is 208 Å². The Bertz CT molecular complexity index is 1390. The minimum atomic E-state index is 0.502. The average molecular weight is 487 g/mol. The lowest BCUT2D eigenvalue weighted by Crippen LogP contribution is -2.36. The molecule has 0 saturated carbocycles. The Morgan fingerprint density at radius 1 is 1.11 bits per heavy atom. The Morgan fingerprint density at radius 3 is 2.71 bits per heavy atom. The molecule has 0 spiro atoms. The average Bonchev–Trinajstić information content (AvgIpc) is 3.32. The zero-order valence-electron chi connectivity index (χ0n) is 19.8. The maximum absolute atomic E-state index is 10.0. The second kappa shape index (κ2) is 10.3. The molecular weight excluding hydrogens is 460 g/mol. The summed E-state index contributed by atoms with van der Waals surface area (Å²) in [7, 11) is 1.64. The molecule has 0 unspecified atom stereocenters. The number of anilines is 1. The van der Waals surface area contributed by atoms with Gasteiger partial charge >= 0.3 is 0 Å². The number of methoxy groups -OCH3 is 1. The van der Waals surface area contributed by atoms with Gasteiger partial charge in [-0.1, -0.05) is 12.1 Å². The lowest BCUT2D eigenvalue weighted by molar-refractivity contribution is 0.122. The van der Waals surface area contributed by atoms with Gasteiger partial charge in [-0.2, -0.15) is 5.26 Å². The van der Waals surface area contributed by atoms with Gasteiger partial charge in [-0.3, -0.25) is 4.98 Å². The zero-order chi connectivity index (χ0) is 24.2. The van der Waals surface area contributed by atoms with Crippen LogP contribution >= 0.6 is 11.3 Å². The number of aryl methyl sites for hydroxylation is 1. The summed E-state index contributed by atoms with van der Waals surface area (Å²) in [6.45, 7) is 5.45. The van der Waals surface area contributed by atoms with Crippen molar-refractivity contribution in [1.29, 1.82) is 5.26 Å². The molecule has 1 aliphatic heterocycles. The van der Waals surface area contributed by atoms with Crippen molar-refractivity contribution in [2.75, 3.05) is 38.3 Å². The summed E-state index contributed by atoms with van der Waals surface area (Å²) in [5, 5.41) is 10.0. The molecule has 0 aliphatic carbocycles. The summed E-state index contributed by atoms with van der Waals surface area (Å²) in [6.07, 6.45) is 2.35. The molecular formula is C27H26N4O3S. The van der Waals surface area contributed by atoms with E-state index >= 15 is 0 Å². The van der Waals surface area contributed by atoms with Crippen molar-refractivity contribution >= 4 is 28.2 Å². The lowest BCUT2D eigenvalue weighted by Gasteiger charge is -2.27. The molecule has 3 heterocycles. The van der Waals surface area contributed by atoms with E-state index in [1.54, 1.807) is 24.6 Å². The van der Waals surface area contributed by atoms with Gasteiger partial charge in [0, 0.05) is 22.8 Å². The molecule has 178 valence electrons. The monoisotopic (exact) mass is 486 g/mol. The van der Waals surface area contributed by atoms with E-state index in [2.05, 4.69) is 35.0 Å². The van der Waals surface area contributed by atoms with Crippen LogP contribution in [0.4, 0.5) is 5.82 Å². The number of fused-ring (bicyclic) bond motifs is 1. The van der Waals surface area contributed by atoms with E-state index in [4.69, 9.17) is 19.2 Å². The molecule has 2 aromatic carbocycles. The molecule has 0 N–H and O–H groups in total. The molecule has 0 amide bonds. The normalized spacial score (nSPS) is 13.6. The molecule has 7 nitrogen and oxygen atoms in total. The summed E-state index contributed by atoms with van der Waals surface area (Å²) >= 11 is 1.72. The molecule has 1 saturated heterocycles. The van der Waals surface area contributed by atoms with Gasteiger partial charge in [0.2, 0.25) is 0 Å². The highest BCUT2D eigenvalue weighted by Crippen LogP contribution is 2.31. The third kappa shape index (κ3) is 5.06. The summed E-state index contributed by atoms with van der Waals surface area (Å²) in [5.41, 5.74) is 3.82. The minimum absolute atomic E-state index is 0.502. The van der Waals surface area contributed by atoms with Crippen LogP contribution in [0, 0.1) is 18.3 Å². The number of morpholine rings is 1. The fourth-order valence-electron chi connectivity index (χ4n) is 4.20. The van der Waals surface area contributed by atoms with Gasteiger partial charge in [-0.05, 0) is 54.8 Å². The van der Waals surface area contributed by atoms with E-state index in [-0.39, 0.29) is 0 Å². The second-order valence-electron chi connectivity index (χ2n) is 8.37. The standard InChI is InChI=1S/C27H26N4O3S/c1-18-3-6-21(35-18)17-34-24-8-4-19(14-25(24)32-2)13-20-5-7-23-27(22(20)15-28)30-26(16-29-23)31-9-11-33-12-10-31/h3-8,14,16H,9-13,17H2,1-2H3. The summed E-state index contributed by atoms with van der Waals surface area (Å²) in [5.74, 6) is 2.14. The number of aromatic nitrogens is 2.